The lowest BCUT2D eigenvalue weighted by atomic mass is 10.1. The van der Waals surface area contributed by atoms with Crippen LogP contribution in [-0.4, -0.2) is 25.9 Å². The highest BCUT2D eigenvalue weighted by molar-refractivity contribution is 5.27. The van der Waals surface area contributed by atoms with Crippen LogP contribution in [0.4, 0.5) is 0 Å². The quantitative estimate of drug-likeness (QED) is 0.600. The summed E-state index contributed by atoms with van der Waals surface area (Å²) in [7, 11) is 0. The van der Waals surface area contributed by atoms with E-state index in [-0.39, 0.29) is 0 Å². The Bertz CT molecular complexity index is 399. The SMILES string of the molecule is CCCCCCCOc1ccc(CNC[C@@H]2CCCCO2)cc1. The molecule has 0 aromatic heterocycles. The van der Waals surface area contributed by atoms with E-state index in [1.165, 1.54) is 50.5 Å². The van der Waals surface area contributed by atoms with Crippen LogP contribution in [0, 0.1) is 0 Å². The fourth-order valence-corrected chi connectivity index (χ4v) is 2.95. The molecular formula is C20H33NO2. The van der Waals surface area contributed by atoms with Crippen molar-refractivity contribution in [1.29, 1.82) is 0 Å². The van der Waals surface area contributed by atoms with Gasteiger partial charge in [-0.3, -0.25) is 0 Å². The highest BCUT2D eigenvalue weighted by Gasteiger charge is 2.12. The van der Waals surface area contributed by atoms with Gasteiger partial charge >= 0.3 is 0 Å². The van der Waals surface area contributed by atoms with Crippen molar-refractivity contribution in [2.45, 2.75) is 70.9 Å². The molecule has 1 aliphatic heterocycles. The average molecular weight is 319 g/mol. The van der Waals surface area contributed by atoms with E-state index < -0.39 is 0 Å². The topological polar surface area (TPSA) is 30.5 Å². The van der Waals surface area contributed by atoms with Crippen LogP contribution in [-0.2, 0) is 11.3 Å². The molecule has 0 saturated carbocycles. The van der Waals surface area contributed by atoms with Crippen LogP contribution >= 0.6 is 0 Å². The molecule has 1 aliphatic rings. The smallest absolute Gasteiger partial charge is 0.119 e. The Balaban J connectivity index is 1.56. The second-order valence-corrected chi connectivity index (χ2v) is 6.53. The molecule has 0 bridgehead atoms. The van der Waals surface area contributed by atoms with Crippen molar-refractivity contribution in [1.82, 2.24) is 5.32 Å². The summed E-state index contributed by atoms with van der Waals surface area (Å²) in [6, 6.07) is 8.47. The first-order chi connectivity index (χ1) is 11.4. The zero-order chi connectivity index (χ0) is 16.2. The lowest BCUT2D eigenvalue weighted by Gasteiger charge is -2.22. The van der Waals surface area contributed by atoms with Crippen molar-refractivity contribution in [3.8, 4) is 5.75 Å². The molecule has 0 spiro atoms. The second kappa shape index (κ2) is 11.5. The lowest BCUT2D eigenvalue weighted by Crippen LogP contribution is -2.31. The van der Waals surface area contributed by atoms with Gasteiger partial charge in [0.1, 0.15) is 5.75 Å². The molecule has 130 valence electrons. The van der Waals surface area contributed by atoms with E-state index >= 15 is 0 Å². The van der Waals surface area contributed by atoms with Crippen molar-refractivity contribution in [2.75, 3.05) is 19.8 Å². The fraction of sp³-hybridized carbons (Fsp3) is 0.700. The maximum atomic E-state index is 5.80. The molecule has 3 nitrogen and oxygen atoms in total. The molecule has 1 atom stereocenters. The average Bonchev–Trinajstić information content (AvgIpc) is 2.60. The number of nitrogens with one attached hydrogen (secondary N) is 1. The second-order valence-electron chi connectivity index (χ2n) is 6.53. The van der Waals surface area contributed by atoms with Crippen molar-refractivity contribution >= 4 is 0 Å². The Labute approximate surface area is 141 Å². The van der Waals surface area contributed by atoms with Gasteiger partial charge in [0.25, 0.3) is 0 Å². The van der Waals surface area contributed by atoms with Gasteiger partial charge in [0.05, 0.1) is 12.7 Å². The molecule has 1 heterocycles. The molecule has 0 radical (unpaired) electrons. The van der Waals surface area contributed by atoms with Gasteiger partial charge in [0, 0.05) is 19.7 Å². The number of unbranched alkanes of at least 4 members (excludes halogenated alkanes) is 4. The highest BCUT2D eigenvalue weighted by Crippen LogP contribution is 2.14. The van der Waals surface area contributed by atoms with Gasteiger partial charge in [-0.05, 0) is 43.4 Å². The van der Waals surface area contributed by atoms with Gasteiger partial charge in [-0.15, -0.1) is 0 Å². The van der Waals surface area contributed by atoms with Crippen LogP contribution in [0.15, 0.2) is 24.3 Å². The zero-order valence-corrected chi connectivity index (χ0v) is 14.7. The number of benzene rings is 1. The van der Waals surface area contributed by atoms with Gasteiger partial charge in [-0.1, -0.05) is 44.7 Å². The first-order valence-electron chi connectivity index (χ1n) is 9.42. The van der Waals surface area contributed by atoms with E-state index in [0.717, 1.165) is 38.5 Å². The number of hydrogen-bond donors (Lipinski definition) is 1. The normalized spacial score (nSPS) is 18.0. The van der Waals surface area contributed by atoms with E-state index in [2.05, 4.69) is 36.5 Å². The minimum absolute atomic E-state index is 0.402. The number of hydrogen-bond acceptors (Lipinski definition) is 3. The van der Waals surface area contributed by atoms with Gasteiger partial charge in [0.2, 0.25) is 0 Å². The minimum Gasteiger partial charge on any atom is -0.494 e. The van der Waals surface area contributed by atoms with Crippen molar-refractivity contribution < 1.29 is 9.47 Å². The summed E-state index contributed by atoms with van der Waals surface area (Å²) in [6.07, 6.45) is 10.5. The molecule has 1 aromatic carbocycles. The summed E-state index contributed by atoms with van der Waals surface area (Å²) in [5, 5.41) is 3.50. The van der Waals surface area contributed by atoms with Crippen LogP contribution in [0.1, 0.15) is 63.9 Å². The van der Waals surface area contributed by atoms with Gasteiger partial charge < -0.3 is 14.8 Å². The van der Waals surface area contributed by atoms with Crippen molar-refractivity contribution in [3.05, 3.63) is 29.8 Å². The van der Waals surface area contributed by atoms with Crippen LogP contribution in [0.5, 0.6) is 5.75 Å². The molecule has 1 saturated heterocycles. The predicted molar refractivity (Wildman–Crippen MR) is 96.0 cm³/mol. The molecule has 1 aromatic rings. The largest absolute Gasteiger partial charge is 0.494 e. The summed E-state index contributed by atoms with van der Waals surface area (Å²) in [4.78, 5) is 0. The summed E-state index contributed by atoms with van der Waals surface area (Å²) in [5.41, 5.74) is 1.30. The Morgan fingerprint density at radius 2 is 1.91 bits per heavy atom. The monoisotopic (exact) mass is 319 g/mol. The Morgan fingerprint density at radius 3 is 2.65 bits per heavy atom. The Morgan fingerprint density at radius 1 is 1.09 bits per heavy atom. The summed E-state index contributed by atoms with van der Waals surface area (Å²) in [5.74, 6) is 0.986. The van der Waals surface area contributed by atoms with Crippen molar-refractivity contribution in [2.24, 2.45) is 0 Å². The third-order valence-electron chi connectivity index (χ3n) is 4.42. The maximum Gasteiger partial charge on any atom is 0.119 e. The zero-order valence-electron chi connectivity index (χ0n) is 14.7. The Kier molecular flexibility index (Phi) is 9.12. The van der Waals surface area contributed by atoms with E-state index in [1.54, 1.807) is 0 Å². The Hall–Kier alpha value is -1.06. The van der Waals surface area contributed by atoms with E-state index in [4.69, 9.17) is 9.47 Å². The molecular weight excluding hydrogens is 286 g/mol. The predicted octanol–water partition coefficient (Wildman–Crippen LogP) is 4.69. The molecule has 0 unspecified atom stereocenters. The molecule has 0 amide bonds. The lowest BCUT2D eigenvalue weighted by molar-refractivity contribution is 0.0168. The molecule has 0 aliphatic carbocycles. The summed E-state index contributed by atoms with van der Waals surface area (Å²) < 4.78 is 11.5. The standard InChI is InChI=1S/C20H33NO2/c1-2-3-4-5-7-14-22-19-12-10-18(11-13-19)16-21-17-20-9-6-8-15-23-20/h10-13,20-21H,2-9,14-17H2,1H3/t20-/m0/s1. The molecule has 3 heteroatoms. The van der Waals surface area contributed by atoms with Gasteiger partial charge in [-0.25, -0.2) is 0 Å². The van der Waals surface area contributed by atoms with Crippen molar-refractivity contribution in [3.63, 3.8) is 0 Å². The third kappa shape index (κ3) is 7.85. The maximum absolute atomic E-state index is 5.80. The number of ether oxygens (including phenoxy) is 2. The molecule has 1 N–H and O–H groups in total. The molecule has 23 heavy (non-hydrogen) atoms. The summed E-state index contributed by atoms with van der Waals surface area (Å²) >= 11 is 0. The van der Waals surface area contributed by atoms with E-state index in [0.29, 0.717) is 6.10 Å². The van der Waals surface area contributed by atoms with E-state index in [9.17, 15) is 0 Å². The third-order valence-corrected chi connectivity index (χ3v) is 4.42. The number of rotatable bonds is 11. The minimum atomic E-state index is 0.402. The first-order valence-corrected chi connectivity index (χ1v) is 9.42. The van der Waals surface area contributed by atoms with Crippen LogP contribution < -0.4 is 10.1 Å². The van der Waals surface area contributed by atoms with Crippen LogP contribution in [0.25, 0.3) is 0 Å². The first kappa shape index (κ1) is 18.3. The van der Waals surface area contributed by atoms with E-state index in [1.807, 2.05) is 0 Å². The summed E-state index contributed by atoms with van der Waals surface area (Å²) in [6.45, 7) is 5.86. The fourth-order valence-electron chi connectivity index (χ4n) is 2.95. The van der Waals surface area contributed by atoms with Gasteiger partial charge in [-0.2, -0.15) is 0 Å². The molecule has 1 fully saturated rings. The molecule has 2 rings (SSSR count). The van der Waals surface area contributed by atoms with Gasteiger partial charge in [0.15, 0.2) is 0 Å². The van der Waals surface area contributed by atoms with Crippen LogP contribution in [0.3, 0.4) is 0 Å². The highest BCUT2D eigenvalue weighted by atomic mass is 16.5. The van der Waals surface area contributed by atoms with Crippen LogP contribution in [0.2, 0.25) is 0 Å².